The normalized spacial score (nSPS) is 11.5. The Kier molecular flexibility index (Phi) is 2.03. The first-order valence-corrected chi connectivity index (χ1v) is 2.09. The van der Waals surface area contributed by atoms with Crippen molar-refractivity contribution in [3.63, 3.8) is 0 Å². The number of carbonyl (C=O) groups is 1. The molecular formula is C4H7F2NO. The fraction of sp³-hybridized carbons (Fsp3) is 0.750. The monoisotopic (exact) mass is 123 g/mol. The van der Waals surface area contributed by atoms with E-state index in [-0.39, 0.29) is 0 Å². The van der Waals surface area contributed by atoms with Crippen LogP contribution in [-0.2, 0) is 4.79 Å². The minimum Gasteiger partial charge on any atom is -0.325 e. The number of alkyl halides is 2. The van der Waals surface area contributed by atoms with E-state index in [1.165, 1.54) is 0 Å². The first kappa shape index (κ1) is 7.49. The molecule has 0 rings (SSSR count). The molecule has 0 spiro atoms. The van der Waals surface area contributed by atoms with E-state index in [2.05, 4.69) is 5.73 Å². The van der Waals surface area contributed by atoms with Crippen LogP contribution < -0.4 is 5.73 Å². The Morgan fingerprint density at radius 1 is 1.75 bits per heavy atom. The average Bonchev–Trinajstić information content (AvgIpc) is 1.67. The molecule has 0 aromatic rings. The molecule has 2 N–H and O–H groups in total. The lowest BCUT2D eigenvalue weighted by molar-refractivity contribution is -0.139. The van der Waals surface area contributed by atoms with E-state index in [1.807, 2.05) is 0 Å². The van der Waals surface area contributed by atoms with E-state index in [9.17, 15) is 13.6 Å². The topological polar surface area (TPSA) is 43.1 Å². The van der Waals surface area contributed by atoms with E-state index in [1.54, 1.807) is 0 Å². The SMILES string of the molecule is CC(=O)C(F)(F)CN. The van der Waals surface area contributed by atoms with Crippen molar-refractivity contribution >= 4 is 5.78 Å². The molecule has 48 valence electrons. The van der Waals surface area contributed by atoms with Gasteiger partial charge in [0.15, 0.2) is 5.78 Å². The first-order chi connectivity index (χ1) is 3.50. The number of nitrogens with two attached hydrogens (primary N) is 1. The van der Waals surface area contributed by atoms with Gasteiger partial charge in [0, 0.05) is 6.92 Å². The van der Waals surface area contributed by atoms with Crippen molar-refractivity contribution in [1.82, 2.24) is 0 Å². The summed E-state index contributed by atoms with van der Waals surface area (Å²) < 4.78 is 23.6. The molecule has 0 atom stereocenters. The molecule has 0 saturated carbocycles. The molecule has 0 aliphatic carbocycles. The predicted octanol–water partition coefficient (Wildman–Crippen LogP) is 0.169. The highest BCUT2D eigenvalue weighted by Crippen LogP contribution is 2.10. The quantitative estimate of drug-likeness (QED) is 0.568. The Bertz CT molecular complexity index is 102. The lowest BCUT2D eigenvalue weighted by Gasteiger charge is -2.06. The van der Waals surface area contributed by atoms with Crippen LogP contribution in [-0.4, -0.2) is 18.3 Å². The van der Waals surface area contributed by atoms with Crippen molar-refractivity contribution < 1.29 is 13.6 Å². The zero-order chi connectivity index (χ0) is 6.78. The van der Waals surface area contributed by atoms with Crippen LogP contribution in [0.1, 0.15) is 6.92 Å². The van der Waals surface area contributed by atoms with Crippen LogP contribution in [0.25, 0.3) is 0 Å². The van der Waals surface area contributed by atoms with Gasteiger partial charge in [-0.1, -0.05) is 0 Å². The molecule has 0 bridgehead atoms. The number of ketones is 1. The Labute approximate surface area is 45.7 Å². The summed E-state index contributed by atoms with van der Waals surface area (Å²) in [7, 11) is 0. The zero-order valence-corrected chi connectivity index (χ0v) is 4.45. The number of halogens is 2. The van der Waals surface area contributed by atoms with Crippen molar-refractivity contribution in [3.8, 4) is 0 Å². The summed E-state index contributed by atoms with van der Waals surface area (Å²) >= 11 is 0. The van der Waals surface area contributed by atoms with Gasteiger partial charge in [0.2, 0.25) is 0 Å². The third-order valence-electron chi connectivity index (χ3n) is 0.771. The molecule has 0 heterocycles. The van der Waals surface area contributed by atoms with Crippen LogP contribution in [0.4, 0.5) is 8.78 Å². The fourth-order valence-electron chi connectivity index (χ4n) is 0.144. The van der Waals surface area contributed by atoms with Gasteiger partial charge in [-0.2, -0.15) is 8.78 Å². The summed E-state index contributed by atoms with van der Waals surface area (Å²) in [6.45, 7) is -0.0881. The minimum absolute atomic E-state index is 0.812. The van der Waals surface area contributed by atoms with Gasteiger partial charge in [0.05, 0.1) is 6.54 Å². The Balaban J connectivity index is 3.91. The summed E-state index contributed by atoms with van der Waals surface area (Å²) in [5, 5.41) is 0. The number of hydrogen-bond donors (Lipinski definition) is 1. The molecule has 0 aliphatic rings. The molecule has 0 fully saturated rings. The Morgan fingerprint density at radius 2 is 2.12 bits per heavy atom. The van der Waals surface area contributed by atoms with Crippen LogP contribution in [0.15, 0.2) is 0 Å². The second kappa shape index (κ2) is 2.17. The lowest BCUT2D eigenvalue weighted by atomic mass is 10.2. The number of Topliss-reactive ketones (excluding diaryl/α,β-unsaturated/α-hetero) is 1. The van der Waals surface area contributed by atoms with Gasteiger partial charge in [0.1, 0.15) is 0 Å². The van der Waals surface area contributed by atoms with Crippen LogP contribution in [0.2, 0.25) is 0 Å². The maximum absolute atomic E-state index is 11.8. The highest BCUT2D eigenvalue weighted by molar-refractivity contribution is 5.83. The maximum atomic E-state index is 11.8. The molecule has 0 saturated heterocycles. The average molecular weight is 123 g/mol. The van der Waals surface area contributed by atoms with E-state index >= 15 is 0 Å². The summed E-state index contributed by atoms with van der Waals surface area (Å²) in [6.07, 6.45) is 0. The molecule has 8 heavy (non-hydrogen) atoms. The summed E-state index contributed by atoms with van der Waals surface area (Å²) in [4.78, 5) is 9.87. The van der Waals surface area contributed by atoms with Gasteiger partial charge < -0.3 is 5.73 Å². The first-order valence-electron chi connectivity index (χ1n) is 2.09. The molecule has 2 nitrogen and oxygen atoms in total. The highest BCUT2D eigenvalue weighted by Gasteiger charge is 2.32. The predicted molar refractivity (Wildman–Crippen MR) is 24.7 cm³/mol. The maximum Gasteiger partial charge on any atom is 0.316 e. The number of hydrogen-bond acceptors (Lipinski definition) is 2. The van der Waals surface area contributed by atoms with Gasteiger partial charge in [-0.25, -0.2) is 0 Å². The molecular weight excluding hydrogens is 116 g/mol. The van der Waals surface area contributed by atoms with Crippen molar-refractivity contribution in [2.24, 2.45) is 5.73 Å². The van der Waals surface area contributed by atoms with Crippen LogP contribution in [0.5, 0.6) is 0 Å². The van der Waals surface area contributed by atoms with Gasteiger partial charge in [-0.3, -0.25) is 4.79 Å². The van der Waals surface area contributed by atoms with E-state index in [0.717, 1.165) is 6.92 Å². The van der Waals surface area contributed by atoms with E-state index in [0.29, 0.717) is 0 Å². The zero-order valence-electron chi connectivity index (χ0n) is 4.45. The standard InChI is InChI=1S/C4H7F2NO/c1-3(8)4(5,6)2-7/h2,7H2,1H3. The lowest BCUT2D eigenvalue weighted by Crippen LogP contribution is -2.34. The largest absolute Gasteiger partial charge is 0.325 e. The van der Waals surface area contributed by atoms with Crippen molar-refractivity contribution in [1.29, 1.82) is 0 Å². The third-order valence-corrected chi connectivity index (χ3v) is 0.771. The fourth-order valence-corrected chi connectivity index (χ4v) is 0.144. The van der Waals surface area contributed by atoms with E-state index in [4.69, 9.17) is 0 Å². The smallest absolute Gasteiger partial charge is 0.316 e. The molecule has 0 unspecified atom stereocenters. The second-order valence-corrected chi connectivity index (χ2v) is 1.46. The minimum atomic E-state index is -3.32. The van der Waals surface area contributed by atoms with E-state index < -0.39 is 18.3 Å². The Morgan fingerprint density at radius 3 is 2.12 bits per heavy atom. The molecule has 0 amide bonds. The molecule has 4 heteroatoms. The molecule has 0 aliphatic heterocycles. The second-order valence-electron chi connectivity index (χ2n) is 1.46. The van der Waals surface area contributed by atoms with Gasteiger partial charge in [0.25, 0.3) is 0 Å². The Hall–Kier alpha value is -0.510. The van der Waals surface area contributed by atoms with Crippen molar-refractivity contribution in [2.45, 2.75) is 12.8 Å². The van der Waals surface area contributed by atoms with Crippen LogP contribution >= 0.6 is 0 Å². The summed E-state index contributed by atoms with van der Waals surface area (Å²) in [5.74, 6) is -4.50. The van der Waals surface area contributed by atoms with Crippen molar-refractivity contribution in [2.75, 3.05) is 6.54 Å². The summed E-state index contributed by atoms with van der Waals surface area (Å²) in [5.41, 5.74) is 4.54. The van der Waals surface area contributed by atoms with Gasteiger partial charge in [-0.15, -0.1) is 0 Å². The molecule has 0 radical (unpaired) electrons. The van der Waals surface area contributed by atoms with Crippen molar-refractivity contribution in [3.05, 3.63) is 0 Å². The summed E-state index contributed by atoms with van der Waals surface area (Å²) in [6, 6.07) is 0. The number of rotatable bonds is 2. The van der Waals surface area contributed by atoms with Crippen LogP contribution in [0.3, 0.4) is 0 Å². The molecule has 0 aromatic heterocycles. The molecule has 0 aromatic carbocycles. The third kappa shape index (κ3) is 1.54. The van der Waals surface area contributed by atoms with Gasteiger partial charge in [-0.05, 0) is 0 Å². The number of carbonyl (C=O) groups excluding carboxylic acids is 1. The van der Waals surface area contributed by atoms with Crippen LogP contribution in [0, 0.1) is 0 Å². The van der Waals surface area contributed by atoms with Gasteiger partial charge >= 0.3 is 5.92 Å². The highest BCUT2D eigenvalue weighted by atomic mass is 19.3.